The van der Waals surface area contributed by atoms with Crippen molar-refractivity contribution in [2.24, 2.45) is 5.92 Å². The van der Waals surface area contributed by atoms with Crippen molar-refractivity contribution in [2.75, 3.05) is 13.1 Å². The van der Waals surface area contributed by atoms with Crippen molar-refractivity contribution in [1.82, 2.24) is 15.5 Å². The van der Waals surface area contributed by atoms with Crippen molar-refractivity contribution in [2.45, 2.75) is 63.7 Å². The predicted octanol–water partition coefficient (Wildman–Crippen LogP) is 3.00. The zero-order valence-corrected chi connectivity index (χ0v) is 12.1. The van der Waals surface area contributed by atoms with E-state index in [2.05, 4.69) is 24.3 Å². The third-order valence-corrected chi connectivity index (χ3v) is 5.03. The van der Waals surface area contributed by atoms with Gasteiger partial charge < -0.3 is 9.84 Å². The zero-order chi connectivity index (χ0) is 13.3. The summed E-state index contributed by atoms with van der Waals surface area (Å²) in [4.78, 5) is 4.73. The first-order valence-corrected chi connectivity index (χ1v) is 7.72. The molecule has 0 radical (unpaired) electrons. The molecule has 1 saturated carbocycles. The molecule has 106 valence electrons. The van der Waals surface area contributed by atoms with Crippen LogP contribution in [0.15, 0.2) is 4.52 Å². The molecule has 1 atom stereocenters. The largest absolute Gasteiger partial charge is 0.339 e. The maximum absolute atomic E-state index is 5.61. The Morgan fingerprint density at radius 1 is 1.16 bits per heavy atom. The third kappa shape index (κ3) is 2.55. The lowest BCUT2D eigenvalue weighted by Crippen LogP contribution is -2.41. The van der Waals surface area contributed by atoms with Crippen LogP contribution < -0.4 is 5.32 Å². The molecule has 1 saturated heterocycles. The second-order valence-corrected chi connectivity index (χ2v) is 6.70. The van der Waals surface area contributed by atoms with Gasteiger partial charge in [0.1, 0.15) is 0 Å². The fraction of sp³-hybridized carbons (Fsp3) is 0.867. The van der Waals surface area contributed by atoms with E-state index in [4.69, 9.17) is 9.51 Å². The second-order valence-electron chi connectivity index (χ2n) is 6.70. The van der Waals surface area contributed by atoms with Crippen molar-refractivity contribution in [3.05, 3.63) is 11.7 Å². The number of piperidine rings is 1. The molecule has 0 aromatic carbocycles. The molecule has 2 fully saturated rings. The van der Waals surface area contributed by atoms with Crippen LogP contribution >= 0.6 is 0 Å². The number of nitrogens with one attached hydrogen (secondary N) is 1. The van der Waals surface area contributed by atoms with Gasteiger partial charge in [-0.1, -0.05) is 31.8 Å². The van der Waals surface area contributed by atoms with E-state index in [1.54, 1.807) is 0 Å². The predicted molar refractivity (Wildman–Crippen MR) is 74.1 cm³/mol. The number of aromatic nitrogens is 2. The Balaban J connectivity index is 1.76. The minimum absolute atomic E-state index is 0.0166. The van der Waals surface area contributed by atoms with Gasteiger partial charge in [-0.05, 0) is 44.7 Å². The average Bonchev–Trinajstić information content (AvgIpc) is 3.10. The molecule has 1 unspecified atom stereocenters. The summed E-state index contributed by atoms with van der Waals surface area (Å²) in [5.41, 5.74) is -0.0166. The van der Waals surface area contributed by atoms with Crippen LogP contribution in [0.3, 0.4) is 0 Å². The average molecular weight is 263 g/mol. The molecule has 1 aromatic heterocycles. The zero-order valence-electron chi connectivity index (χ0n) is 12.1. The van der Waals surface area contributed by atoms with Crippen molar-refractivity contribution >= 4 is 0 Å². The van der Waals surface area contributed by atoms with Crippen molar-refractivity contribution < 1.29 is 4.52 Å². The molecule has 0 bridgehead atoms. The Kier molecular flexibility index (Phi) is 3.61. The molecule has 1 aromatic rings. The van der Waals surface area contributed by atoms with Crippen LogP contribution in [0.5, 0.6) is 0 Å². The number of hydrogen-bond acceptors (Lipinski definition) is 4. The van der Waals surface area contributed by atoms with E-state index >= 15 is 0 Å². The van der Waals surface area contributed by atoms with Gasteiger partial charge >= 0.3 is 0 Å². The molecule has 0 amide bonds. The van der Waals surface area contributed by atoms with E-state index in [-0.39, 0.29) is 5.41 Å². The first-order chi connectivity index (χ1) is 9.18. The van der Waals surface area contributed by atoms with Gasteiger partial charge in [-0.2, -0.15) is 4.98 Å². The first-order valence-electron chi connectivity index (χ1n) is 7.72. The van der Waals surface area contributed by atoms with Crippen molar-refractivity contribution in [3.63, 3.8) is 0 Å². The monoisotopic (exact) mass is 263 g/mol. The SMILES string of the molecule is CC(C)(c1nc(C2CCCC2)no1)C1CCCNC1. The summed E-state index contributed by atoms with van der Waals surface area (Å²) in [6.07, 6.45) is 7.57. The van der Waals surface area contributed by atoms with Gasteiger partial charge in [-0.15, -0.1) is 0 Å². The summed E-state index contributed by atoms with van der Waals surface area (Å²) in [6.45, 7) is 6.70. The summed E-state index contributed by atoms with van der Waals surface area (Å²) in [6, 6.07) is 0. The topological polar surface area (TPSA) is 51.0 Å². The van der Waals surface area contributed by atoms with Crippen LogP contribution in [0.1, 0.15) is 70.0 Å². The fourth-order valence-corrected chi connectivity index (χ4v) is 3.49. The van der Waals surface area contributed by atoms with Crippen LogP contribution in [0.4, 0.5) is 0 Å². The van der Waals surface area contributed by atoms with Gasteiger partial charge in [0.15, 0.2) is 5.82 Å². The Hall–Kier alpha value is -0.900. The first kappa shape index (κ1) is 13.1. The third-order valence-electron chi connectivity index (χ3n) is 5.03. The highest BCUT2D eigenvalue weighted by Crippen LogP contribution is 2.37. The highest BCUT2D eigenvalue weighted by Gasteiger charge is 2.37. The lowest BCUT2D eigenvalue weighted by atomic mass is 9.75. The highest BCUT2D eigenvalue weighted by molar-refractivity contribution is 5.07. The highest BCUT2D eigenvalue weighted by atomic mass is 16.5. The molecule has 1 aliphatic heterocycles. The van der Waals surface area contributed by atoms with Gasteiger partial charge in [-0.25, -0.2) is 0 Å². The summed E-state index contributed by atoms with van der Waals surface area (Å²) < 4.78 is 5.61. The molecular weight excluding hydrogens is 238 g/mol. The maximum Gasteiger partial charge on any atom is 0.232 e. The molecule has 19 heavy (non-hydrogen) atoms. The fourth-order valence-electron chi connectivity index (χ4n) is 3.49. The van der Waals surface area contributed by atoms with Crippen molar-refractivity contribution in [1.29, 1.82) is 0 Å². The molecule has 0 spiro atoms. The van der Waals surface area contributed by atoms with Crippen LogP contribution in [0.2, 0.25) is 0 Å². The van der Waals surface area contributed by atoms with E-state index in [0.717, 1.165) is 24.8 Å². The molecule has 1 N–H and O–H groups in total. The second kappa shape index (κ2) is 5.23. The molecule has 4 nitrogen and oxygen atoms in total. The van der Waals surface area contributed by atoms with E-state index in [9.17, 15) is 0 Å². The minimum Gasteiger partial charge on any atom is -0.339 e. The van der Waals surface area contributed by atoms with E-state index in [1.807, 2.05) is 0 Å². The van der Waals surface area contributed by atoms with Gasteiger partial charge in [-0.3, -0.25) is 0 Å². The lowest BCUT2D eigenvalue weighted by molar-refractivity contribution is 0.196. The van der Waals surface area contributed by atoms with Crippen LogP contribution in [0, 0.1) is 5.92 Å². The summed E-state index contributed by atoms with van der Waals surface area (Å²) in [7, 11) is 0. The molecule has 3 rings (SSSR count). The molecular formula is C15H25N3O. The Bertz CT molecular complexity index is 415. The van der Waals surface area contributed by atoms with E-state index < -0.39 is 0 Å². The molecule has 1 aliphatic carbocycles. The Labute approximate surface area is 115 Å². The maximum atomic E-state index is 5.61. The molecule has 2 aliphatic rings. The van der Waals surface area contributed by atoms with Gasteiger partial charge in [0, 0.05) is 11.3 Å². The minimum atomic E-state index is -0.0166. The Morgan fingerprint density at radius 2 is 1.95 bits per heavy atom. The van der Waals surface area contributed by atoms with Gasteiger partial charge in [0.25, 0.3) is 0 Å². The smallest absolute Gasteiger partial charge is 0.232 e. The van der Waals surface area contributed by atoms with Gasteiger partial charge in [0.05, 0.1) is 0 Å². The van der Waals surface area contributed by atoms with Crippen LogP contribution in [-0.4, -0.2) is 23.2 Å². The van der Waals surface area contributed by atoms with Crippen LogP contribution in [0.25, 0.3) is 0 Å². The normalized spacial score (nSPS) is 25.9. The standard InChI is InChI=1S/C15H25N3O/c1-15(2,12-8-5-9-16-10-12)14-17-13(18-19-14)11-6-3-4-7-11/h11-12,16H,3-10H2,1-2H3. The Morgan fingerprint density at radius 3 is 2.63 bits per heavy atom. The quantitative estimate of drug-likeness (QED) is 0.910. The summed E-state index contributed by atoms with van der Waals surface area (Å²) in [5.74, 6) is 2.92. The number of nitrogens with zero attached hydrogens (tertiary/aromatic N) is 2. The van der Waals surface area contributed by atoms with Crippen molar-refractivity contribution in [3.8, 4) is 0 Å². The summed E-state index contributed by atoms with van der Waals surface area (Å²) in [5, 5.41) is 7.74. The van der Waals surface area contributed by atoms with E-state index in [1.165, 1.54) is 38.5 Å². The van der Waals surface area contributed by atoms with E-state index in [0.29, 0.717) is 11.8 Å². The van der Waals surface area contributed by atoms with Crippen LogP contribution in [-0.2, 0) is 5.41 Å². The number of hydrogen-bond donors (Lipinski definition) is 1. The molecule has 4 heteroatoms. The summed E-state index contributed by atoms with van der Waals surface area (Å²) >= 11 is 0. The lowest BCUT2D eigenvalue weighted by Gasteiger charge is -2.34. The molecule has 2 heterocycles. The van der Waals surface area contributed by atoms with Gasteiger partial charge in [0.2, 0.25) is 5.89 Å². The number of rotatable bonds is 3.